The number of carbonyl (C=O) groups is 3. The molecule has 0 radical (unpaired) electrons. The standard InChI is InChI=1S/C21H19NO6S/c1-29-16-4-2-3-15(9-16)22-10-14(8-20(22)24)21(25)26-11-17(23)13-5-6-18-19(7-13)28-12-27-18/h2-7,9,14H,8,10-12H2,1H3. The average molecular weight is 413 g/mol. The first-order valence-electron chi connectivity index (χ1n) is 9.09. The summed E-state index contributed by atoms with van der Waals surface area (Å²) in [6.07, 6.45) is 2.03. The number of hydrogen-bond acceptors (Lipinski definition) is 7. The van der Waals surface area contributed by atoms with Gasteiger partial charge in [-0.2, -0.15) is 0 Å². The zero-order valence-electron chi connectivity index (χ0n) is 15.8. The van der Waals surface area contributed by atoms with Crippen molar-refractivity contribution in [3.05, 3.63) is 48.0 Å². The van der Waals surface area contributed by atoms with Gasteiger partial charge in [-0.1, -0.05) is 6.07 Å². The van der Waals surface area contributed by atoms with Gasteiger partial charge in [0.2, 0.25) is 12.7 Å². The molecule has 0 bridgehead atoms. The van der Waals surface area contributed by atoms with Gasteiger partial charge in [-0.25, -0.2) is 0 Å². The molecule has 1 saturated heterocycles. The molecule has 2 aromatic carbocycles. The minimum atomic E-state index is -0.593. The molecule has 150 valence electrons. The lowest BCUT2D eigenvalue weighted by Crippen LogP contribution is -2.27. The van der Waals surface area contributed by atoms with E-state index < -0.39 is 11.9 Å². The lowest BCUT2D eigenvalue weighted by molar-refractivity contribution is -0.147. The first kappa shape index (κ1) is 19.3. The van der Waals surface area contributed by atoms with Crippen molar-refractivity contribution >= 4 is 35.1 Å². The maximum absolute atomic E-state index is 12.4. The van der Waals surface area contributed by atoms with Gasteiger partial charge in [0.05, 0.1) is 5.92 Å². The molecule has 29 heavy (non-hydrogen) atoms. The van der Waals surface area contributed by atoms with Crippen molar-refractivity contribution in [2.24, 2.45) is 5.92 Å². The molecule has 2 aromatic rings. The fourth-order valence-electron chi connectivity index (χ4n) is 3.30. The molecule has 0 aliphatic carbocycles. The summed E-state index contributed by atoms with van der Waals surface area (Å²) in [6, 6.07) is 12.4. The van der Waals surface area contributed by atoms with Gasteiger partial charge in [-0.05, 0) is 42.7 Å². The molecule has 0 N–H and O–H groups in total. The highest BCUT2D eigenvalue weighted by atomic mass is 32.2. The monoisotopic (exact) mass is 413 g/mol. The normalized spacial score (nSPS) is 17.5. The summed E-state index contributed by atoms with van der Waals surface area (Å²) in [6.45, 7) is -0.0210. The number of nitrogens with zero attached hydrogens (tertiary/aromatic N) is 1. The van der Waals surface area contributed by atoms with Crippen molar-refractivity contribution in [2.45, 2.75) is 11.3 Å². The van der Waals surface area contributed by atoms with Gasteiger partial charge in [0.1, 0.15) is 0 Å². The number of ether oxygens (including phenoxy) is 3. The van der Waals surface area contributed by atoms with Crippen LogP contribution in [0.1, 0.15) is 16.8 Å². The molecule has 1 fully saturated rings. The molecule has 1 amide bonds. The molecule has 0 spiro atoms. The quantitative estimate of drug-likeness (QED) is 0.409. The van der Waals surface area contributed by atoms with Crippen molar-refractivity contribution in [1.82, 2.24) is 0 Å². The third-order valence-electron chi connectivity index (χ3n) is 4.86. The van der Waals surface area contributed by atoms with Crippen LogP contribution in [0.2, 0.25) is 0 Å². The number of hydrogen-bond donors (Lipinski definition) is 0. The Morgan fingerprint density at radius 2 is 2.00 bits per heavy atom. The van der Waals surface area contributed by atoms with Crippen molar-refractivity contribution in [2.75, 3.05) is 31.1 Å². The van der Waals surface area contributed by atoms with E-state index in [-0.39, 0.29) is 38.1 Å². The number of ketones is 1. The number of rotatable bonds is 6. The van der Waals surface area contributed by atoms with Gasteiger partial charge in [0, 0.05) is 29.1 Å². The molecule has 1 atom stereocenters. The molecule has 2 aliphatic rings. The number of benzene rings is 2. The second kappa shape index (κ2) is 8.16. The Balaban J connectivity index is 1.35. The van der Waals surface area contributed by atoms with Gasteiger partial charge in [-0.3, -0.25) is 14.4 Å². The predicted molar refractivity (Wildman–Crippen MR) is 107 cm³/mol. The lowest BCUT2D eigenvalue weighted by Gasteiger charge is -2.17. The fourth-order valence-corrected chi connectivity index (χ4v) is 3.75. The van der Waals surface area contributed by atoms with Gasteiger partial charge in [0.15, 0.2) is 23.9 Å². The topological polar surface area (TPSA) is 82.1 Å². The minimum absolute atomic E-state index is 0.0700. The summed E-state index contributed by atoms with van der Waals surface area (Å²) in [4.78, 5) is 39.7. The van der Waals surface area contributed by atoms with Gasteiger partial charge >= 0.3 is 5.97 Å². The van der Waals surface area contributed by atoms with Crippen LogP contribution >= 0.6 is 11.8 Å². The van der Waals surface area contributed by atoms with Gasteiger partial charge in [0.25, 0.3) is 0 Å². The Labute approximate surface area is 171 Å². The smallest absolute Gasteiger partial charge is 0.311 e. The maximum Gasteiger partial charge on any atom is 0.311 e. The molecule has 4 rings (SSSR count). The molecular weight excluding hydrogens is 394 g/mol. The molecule has 7 nitrogen and oxygen atoms in total. The largest absolute Gasteiger partial charge is 0.457 e. The number of amides is 1. The second-order valence-electron chi connectivity index (χ2n) is 6.71. The van der Waals surface area contributed by atoms with Crippen LogP contribution in [-0.4, -0.2) is 43.9 Å². The van der Waals surface area contributed by atoms with E-state index in [2.05, 4.69) is 0 Å². The molecule has 8 heteroatoms. The number of Topliss-reactive ketones (excluding diaryl/α,β-unsaturated/α-hetero) is 1. The van der Waals surface area contributed by atoms with Crippen LogP contribution in [0.4, 0.5) is 5.69 Å². The highest BCUT2D eigenvalue weighted by Gasteiger charge is 2.36. The van der Waals surface area contributed by atoms with Gasteiger partial charge < -0.3 is 19.1 Å². The third kappa shape index (κ3) is 4.07. The van der Waals surface area contributed by atoms with Crippen molar-refractivity contribution in [3.8, 4) is 11.5 Å². The number of thioether (sulfide) groups is 1. The fraction of sp³-hybridized carbons (Fsp3) is 0.286. The molecule has 1 unspecified atom stereocenters. The SMILES string of the molecule is CSc1cccc(N2CC(C(=O)OCC(=O)c3ccc4c(c3)OCO4)CC2=O)c1. The summed E-state index contributed by atoms with van der Waals surface area (Å²) in [5.74, 6) is -0.543. The van der Waals surface area contributed by atoms with Crippen LogP contribution < -0.4 is 14.4 Å². The Morgan fingerprint density at radius 1 is 1.17 bits per heavy atom. The number of esters is 1. The zero-order valence-corrected chi connectivity index (χ0v) is 16.6. The van der Waals surface area contributed by atoms with Crippen LogP contribution in [0.15, 0.2) is 47.4 Å². The van der Waals surface area contributed by atoms with E-state index in [1.165, 1.54) is 0 Å². The minimum Gasteiger partial charge on any atom is -0.457 e. The van der Waals surface area contributed by atoms with Crippen molar-refractivity contribution in [1.29, 1.82) is 0 Å². The highest BCUT2D eigenvalue weighted by molar-refractivity contribution is 7.98. The number of fused-ring (bicyclic) bond motifs is 1. The van der Waals surface area contributed by atoms with E-state index in [1.54, 1.807) is 34.9 Å². The van der Waals surface area contributed by atoms with Crippen LogP contribution in [0, 0.1) is 5.92 Å². The highest BCUT2D eigenvalue weighted by Crippen LogP contribution is 2.33. The Hall–Kier alpha value is -3.00. The number of anilines is 1. The molecule has 2 aliphatic heterocycles. The van der Waals surface area contributed by atoms with E-state index in [0.29, 0.717) is 17.1 Å². The zero-order chi connectivity index (χ0) is 20.4. The summed E-state index contributed by atoms with van der Waals surface area (Å²) in [7, 11) is 0. The molecule has 0 aromatic heterocycles. The van der Waals surface area contributed by atoms with E-state index in [4.69, 9.17) is 14.2 Å². The van der Waals surface area contributed by atoms with E-state index in [0.717, 1.165) is 10.6 Å². The Morgan fingerprint density at radius 3 is 2.83 bits per heavy atom. The summed E-state index contributed by atoms with van der Waals surface area (Å²) < 4.78 is 15.7. The molecular formula is C21H19NO6S. The predicted octanol–water partition coefficient (Wildman–Crippen LogP) is 2.92. The van der Waals surface area contributed by atoms with Crippen molar-refractivity contribution in [3.63, 3.8) is 0 Å². The van der Waals surface area contributed by atoms with Crippen LogP contribution in [-0.2, 0) is 14.3 Å². The lowest BCUT2D eigenvalue weighted by atomic mass is 10.1. The third-order valence-corrected chi connectivity index (χ3v) is 5.59. The molecule has 0 saturated carbocycles. The Kier molecular flexibility index (Phi) is 5.44. The average Bonchev–Trinajstić information content (AvgIpc) is 3.37. The van der Waals surface area contributed by atoms with E-state index >= 15 is 0 Å². The summed E-state index contributed by atoms with van der Waals surface area (Å²) >= 11 is 1.58. The van der Waals surface area contributed by atoms with Crippen LogP contribution in [0.25, 0.3) is 0 Å². The first-order chi connectivity index (χ1) is 14.0. The summed E-state index contributed by atoms with van der Waals surface area (Å²) in [5.41, 5.74) is 1.13. The number of carbonyl (C=O) groups excluding carboxylic acids is 3. The van der Waals surface area contributed by atoms with Crippen LogP contribution in [0.3, 0.4) is 0 Å². The second-order valence-corrected chi connectivity index (χ2v) is 7.59. The van der Waals surface area contributed by atoms with Gasteiger partial charge in [-0.15, -0.1) is 11.8 Å². The summed E-state index contributed by atoms with van der Waals surface area (Å²) in [5, 5.41) is 0. The van der Waals surface area contributed by atoms with E-state index in [1.807, 2.05) is 30.5 Å². The first-order valence-corrected chi connectivity index (χ1v) is 10.3. The Bertz CT molecular complexity index is 975. The molecule has 2 heterocycles. The van der Waals surface area contributed by atoms with E-state index in [9.17, 15) is 14.4 Å². The van der Waals surface area contributed by atoms with Crippen LogP contribution in [0.5, 0.6) is 11.5 Å². The van der Waals surface area contributed by atoms with Crippen molar-refractivity contribution < 1.29 is 28.6 Å². The maximum atomic E-state index is 12.4.